The van der Waals surface area contributed by atoms with Gasteiger partial charge in [0.15, 0.2) is 0 Å². The summed E-state index contributed by atoms with van der Waals surface area (Å²) in [6, 6.07) is 0. The molecule has 0 spiro atoms. The number of carbonyl (C=O) groups is 1. The molecule has 0 saturated carbocycles. The topological polar surface area (TPSA) is 37.3 Å². The maximum absolute atomic E-state index is 10.7. The molecule has 0 aromatic rings. The minimum atomic E-state index is -0.909. The zero-order valence-corrected chi connectivity index (χ0v) is 13.3. The van der Waals surface area contributed by atoms with Crippen molar-refractivity contribution in [2.45, 2.75) is 59.8 Å². The van der Waals surface area contributed by atoms with Crippen LogP contribution in [0.25, 0.3) is 0 Å². The fourth-order valence-corrected chi connectivity index (χ4v) is 1.82. The number of hydrogen-bond donors (Lipinski definition) is 1. The van der Waals surface area contributed by atoms with E-state index >= 15 is 0 Å². The predicted octanol–water partition coefficient (Wildman–Crippen LogP) is 5.44. The van der Waals surface area contributed by atoms with Gasteiger partial charge in [-0.1, -0.05) is 41.5 Å². The van der Waals surface area contributed by atoms with Crippen LogP contribution in [0.4, 0.5) is 0 Å². The van der Waals surface area contributed by atoms with E-state index in [-0.39, 0.29) is 5.57 Å². The number of aliphatic carboxylic acids is 1. The molecule has 0 rings (SSSR count). The minimum absolute atomic E-state index is 0.257. The van der Waals surface area contributed by atoms with Crippen LogP contribution in [-0.2, 0) is 4.79 Å². The van der Waals surface area contributed by atoms with Gasteiger partial charge in [0.25, 0.3) is 0 Å². The summed E-state index contributed by atoms with van der Waals surface area (Å²) in [6.07, 6.45) is 11.2. The van der Waals surface area contributed by atoms with Gasteiger partial charge in [-0.15, -0.1) is 0 Å². The van der Waals surface area contributed by atoms with E-state index < -0.39 is 5.97 Å². The first-order chi connectivity index (χ1) is 9.36. The summed E-state index contributed by atoms with van der Waals surface area (Å²) in [6.45, 7) is 11.9. The summed E-state index contributed by atoms with van der Waals surface area (Å²) < 4.78 is 0. The van der Waals surface area contributed by atoms with Gasteiger partial charge in [0, 0.05) is 5.57 Å². The van der Waals surface area contributed by atoms with E-state index in [2.05, 4.69) is 45.6 Å². The second kappa shape index (κ2) is 10.2. The lowest BCUT2D eigenvalue weighted by molar-refractivity contribution is -0.132. The molecule has 1 N–H and O–H groups in total. The van der Waals surface area contributed by atoms with Crippen molar-refractivity contribution in [3.63, 3.8) is 0 Å². The quantitative estimate of drug-likeness (QED) is 0.450. The molecule has 0 saturated heterocycles. The van der Waals surface area contributed by atoms with Crippen LogP contribution in [0.15, 0.2) is 47.1 Å². The monoisotopic (exact) mass is 276 g/mol. The van der Waals surface area contributed by atoms with E-state index in [0.717, 1.165) is 31.3 Å². The average Bonchev–Trinajstić information content (AvgIpc) is 2.38. The zero-order chi connectivity index (χ0) is 15.5. The molecular formula is C18H28O2. The Labute approximate surface area is 123 Å². The first-order valence-corrected chi connectivity index (χ1v) is 7.21. The highest BCUT2D eigenvalue weighted by molar-refractivity contribution is 5.86. The molecule has 0 fully saturated rings. The lowest BCUT2D eigenvalue weighted by Gasteiger charge is -2.03. The van der Waals surface area contributed by atoms with Crippen LogP contribution in [0.3, 0.4) is 0 Å². The van der Waals surface area contributed by atoms with E-state index in [9.17, 15) is 4.79 Å². The number of carboxylic acid groups (broad SMARTS) is 1. The van der Waals surface area contributed by atoms with E-state index in [1.165, 1.54) is 11.1 Å². The Morgan fingerprint density at radius 3 is 2.00 bits per heavy atom. The largest absolute Gasteiger partial charge is 0.478 e. The van der Waals surface area contributed by atoms with Crippen molar-refractivity contribution in [1.29, 1.82) is 0 Å². The van der Waals surface area contributed by atoms with Crippen molar-refractivity contribution >= 4 is 5.97 Å². The number of rotatable bonds is 9. The summed E-state index contributed by atoms with van der Waals surface area (Å²) in [5, 5.41) is 8.77. The van der Waals surface area contributed by atoms with E-state index in [1.807, 2.05) is 6.92 Å². The van der Waals surface area contributed by atoms with Crippen LogP contribution in [0.1, 0.15) is 59.8 Å². The standard InChI is InChI=1S/C18H28O2/c1-6-14(2)9-7-10-15(3)11-8-12-16(4)13-17(5)18(19)20/h6,10,12H,5,7-9,11,13H2,1-4H3,(H,19,20). The number of carboxylic acids is 1. The lowest BCUT2D eigenvalue weighted by atomic mass is 10.0. The van der Waals surface area contributed by atoms with Crippen molar-refractivity contribution < 1.29 is 9.90 Å². The Morgan fingerprint density at radius 1 is 1.00 bits per heavy atom. The molecule has 0 radical (unpaired) electrons. The molecule has 0 unspecified atom stereocenters. The average molecular weight is 276 g/mol. The van der Waals surface area contributed by atoms with Crippen molar-refractivity contribution in [2.75, 3.05) is 0 Å². The molecule has 0 heterocycles. The van der Waals surface area contributed by atoms with Crippen LogP contribution in [0.2, 0.25) is 0 Å². The molecule has 0 aliphatic carbocycles. The highest BCUT2D eigenvalue weighted by Crippen LogP contribution is 2.14. The summed E-state index contributed by atoms with van der Waals surface area (Å²) in [5.41, 5.74) is 4.16. The number of allylic oxidation sites excluding steroid dienone is 6. The molecule has 2 heteroatoms. The molecule has 2 nitrogen and oxygen atoms in total. The second-order valence-electron chi connectivity index (χ2n) is 5.40. The fourth-order valence-electron chi connectivity index (χ4n) is 1.82. The van der Waals surface area contributed by atoms with Gasteiger partial charge in [0.05, 0.1) is 0 Å². The van der Waals surface area contributed by atoms with Crippen molar-refractivity contribution in [3.05, 3.63) is 47.1 Å². The third kappa shape index (κ3) is 9.37. The van der Waals surface area contributed by atoms with Crippen LogP contribution < -0.4 is 0 Å². The molecule has 0 aromatic carbocycles. The Morgan fingerprint density at radius 2 is 1.50 bits per heavy atom. The van der Waals surface area contributed by atoms with E-state index in [1.54, 1.807) is 0 Å². The third-order valence-electron chi connectivity index (χ3n) is 3.35. The van der Waals surface area contributed by atoms with Gasteiger partial charge in [-0.25, -0.2) is 4.79 Å². The van der Waals surface area contributed by atoms with Crippen molar-refractivity contribution in [1.82, 2.24) is 0 Å². The molecular weight excluding hydrogens is 248 g/mol. The SMILES string of the molecule is C=C(CC(C)=CCCC(C)=CCCC(C)=CC)C(=O)O. The fraction of sp³-hybridized carbons (Fsp3) is 0.500. The van der Waals surface area contributed by atoms with E-state index in [4.69, 9.17) is 5.11 Å². The van der Waals surface area contributed by atoms with Gasteiger partial charge in [0.2, 0.25) is 0 Å². The number of hydrogen-bond acceptors (Lipinski definition) is 1. The summed E-state index contributed by atoms with van der Waals surface area (Å²) in [5.74, 6) is -0.909. The van der Waals surface area contributed by atoms with Gasteiger partial charge in [-0.3, -0.25) is 0 Å². The summed E-state index contributed by atoms with van der Waals surface area (Å²) in [4.78, 5) is 10.7. The Balaban J connectivity index is 4.06. The van der Waals surface area contributed by atoms with Crippen molar-refractivity contribution in [3.8, 4) is 0 Å². The molecule has 0 bridgehead atoms. The van der Waals surface area contributed by atoms with Crippen LogP contribution in [0, 0.1) is 0 Å². The molecule has 20 heavy (non-hydrogen) atoms. The smallest absolute Gasteiger partial charge is 0.331 e. The lowest BCUT2D eigenvalue weighted by Crippen LogP contribution is -1.99. The highest BCUT2D eigenvalue weighted by atomic mass is 16.4. The third-order valence-corrected chi connectivity index (χ3v) is 3.35. The first-order valence-electron chi connectivity index (χ1n) is 7.21. The maximum Gasteiger partial charge on any atom is 0.331 e. The molecule has 0 aliphatic rings. The molecule has 0 atom stereocenters. The normalized spacial score (nSPS) is 13.5. The van der Waals surface area contributed by atoms with Gasteiger partial charge in [-0.05, 0) is 59.8 Å². The molecule has 0 aliphatic heterocycles. The van der Waals surface area contributed by atoms with Crippen LogP contribution in [0.5, 0.6) is 0 Å². The van der Waals surface area contributed by atoms with Crippen LogP contribution in [-0.4, -0.2) is 11.1 Å². The van der Waals surface area contributed by atoms with Crippen LogP contribution >= 0.6 is 0 Å². The molecule has 0 amide bonds. The second-order valence-corrected chi connectivity index (χ2v) is 5.40. The summed E-state index contributed by atoms with van der Waals surface area (Å²) >= 11 is 0. The maximum atomic E-state index is 10.7. The van der Waals surface area contributed by atoms with Gasteiger partial charge >= 0.3 is 5.97 Å². The predicted molar refractivity (Wildman–Crippen MR) is 86.8 cm³/mol. The summed E-state index contributed by atoms with van der Waals surface area (Å²) in [7, 11) is 0. The molecule has 0 aromatic heterocycles. The van der Waals surface area contributed by atoms with Crippen molar-refractivity contribution in [2.24, 2.45) is 0 Å². The Hall–Kier alpha value is -1.57. The van der Waals surface area contributed by atoms with Gasteiger partial charge in [-0.2, -0.15) is 0 Å². The highest BCUT2D eigenvalue weighted by Gasteiger charge is 2.03. The van der Waals surface area contributed by atoms with Gasteiger partial charge in [0.1, 0.15) is 0 Å². The first kappa shape index (κ1) is 18.4. The Bertz CT molecular complexity index is 423. The van der Waals surface area contributed by atoms with E-state index in [0.29, 0.717) is 6.42 Å². The minimum Gasteiger partial charge on any atom is -0.478 e. The Kier molecular flexibility index (Phi) is 9.44. The molecule has 112 valence electrons. The van der Waals surface area contributed by atoms with Gasteiger partial charge < -0.3 is 5.11 Å². The zero-order valence-electron chi connectivity index (χ0n) is 13.3.